The van der Waals surface area contributed by atoms with Crippen LogP contribution in [0.1, 0.15) is 16.8 Å². The van der Waals surface area contributed by atoms with Crippen LogP contribution in [0, 0.1) is 0 Å². The molecule has 0 aliphatic carbocycles. The van der Waals surface area contributed by atoms with Crippen LogP contribution >= 0.6 is 0 Å². The van der Waals surface area contributed by atoms with Crippen molar-refractivity contribution in [2.45, 2.75) is 17.4 Å². The first-order chi connectivity index (χ1) is 8.88. The summed E-state index contributed by atoms with van der Waals surface area (Å²) in [7, 11) is -4.40. The number of rotatable bonds is 3. The molecule has 1 aromatic rings. The first-order valence-corrected chi connectivity index (χ1v) is 6.77. The fraction of sp³-hybridized carbons (Fsp3) is 0.273. The van der Waals surface area contributed by atoms with E-state index in [1.54, 1.807) is 0 Å². The third-order valence-corrected chi connectivity index (χ3v) is 3.35. The molecule has 0 bridgehead atoms. The molecule has 0 spiro atoms. The number of hydrogen-bond donors (Lipinski definition) is 1. The van der Waals surface area contributed by atoms with Crippen molar-refractivity contribution in [2.75, 3.05) is 6.61 Å². The summed E-state index contributed by atoms with van der Waals surface area (Å²) in [6.45, 7) is 0.182. The van der Waals surface area contributed by atoms with Crippen molar-refractivity contribution in [3.05, 3.63) is 29.8 Å². The average Bonchev–Trinajstić information content (AvgIpc) is 2.74. The molecule has 1 saturated heterocycles. The highest BCUT2D eigenvalue weighted by Gasteiger charge is 2.30. The van der Waals surface area contributed by atoms with Gasteiger partial charge >= 0.3 is 11.9 Å². The number of esters is 2. The summed E-state index contributed by atoms with van der Waals surface area (Å²) in [5.74, 6) is -1.48. The van der Waals surface area contributed by atoms with Gasteiger partial charge in [0.25, 0.3) is 10.1 Å². The van der Waals surface area contributed by atoms with E-state index >= 15 is 0 Å². The third kappa shape index (κ3) is 3.09. The van der Waals surface area contributed by atoms with E-state index < -0.39 is 33.1 Å². The molecule has 1 aliphatic heterocycles. The Bertz CT molecular complexity index is 620. The number of carbonyl (C=O) groups excluding carboxylic acids is 2. The third-order valence-electron chi connectivity index (χ3n) is 2.50. The second kappa shape index (κ2) is 4.98. The Kier molecular flexibility index (Phi) is 3.54. The van der Waals surface area contributed by atoms with Gasteiger partial charge in [0, 0.05) is 6.42 Å². The standard InChI is InChI=1S/C11H10O7S/c12-10(18-9-4-5-17-11(9)13)7-2-1-3-8(6-7)19(14,15)16/h1-3,6,9H,4-5H2,(H,14,15,16). The fourth-order valence-corrected chi connectivity index (χ4v) is 2.09. The van der Waals surface area contributed by atoms with E-state index in [-0.39, 0.29) is 18.6 Å². The van der Waals surface area contributed by atoms with Gasteiger partial charge in [0.05, 0.1) is 17.1 Å². The van der Waals surface area contributed by atoms with Gasteiger partial charge in [-0.1, -0.05) is 6.07 Å². The Morgan fingerprint density at radius 1 is 1.42 bits per heavy atom. The molecule has 1 heterocycles. The Morgan fingerprint density at radius 3 is 2.74 bits per heavy atom. The molecule has 0 radical (unpaired) electrons. The van der Waals surface area contributed by atoms with Crippen LogP contribution in [0.3, 0.4) is 0 Å². The fourth-order valence-electron chi connectivity index (χ4n) is 1.57. The molecule has 1 unspecified atom stereocenters. The average molecular weight is 286 g/mol. The zero-order valence-electron chi connectivity index (χ0n) is 9.61. The van der Waals surface area contributed by atoms with Crippen LogP contribution in [0.2, 0.25) is 0 Å². The van der Waals surface area contributed by atoms with Gasteiger partial charge in [-0.25, -0.2) is 9.59 Å². The normalized spacial score (nSPS) is 19.0. The predicted molar refractivity (Wildman–Crippen MR) is 61.0 cm³/mol. The molecular formula is C11H10O7S. The van der Waals surface area contributed by atoms with Gasteiger partial charge in [-0.3, -0.25) is 4.55 Å². The number of hydrogen-bond acceptors (Lipinski definition) is 6. The van der Waals surface area contributed by atoms with Gasteiger partial charge in [-0.15, -0.1) is 0 Å². The van der Waals surface area contributed by atoms with Gasteiger partial charge in [-0.2, -0.15) is 8.42 Å². The van der Waals surface area contributed by atoms with Gasteiger partial charge in [-0.05, 0) is 18.2 Å². The number of ether oxygens (including phenoxy) is 2. The lowest BCUT2D eigenvalue weighted by molar-refractivity contribution is -0.145. The summed E-state index contributed by atoms with van der Waals surface area (Å²) in [6.07, 6.45) is -0.704. The zero-order chi connectivity index (χ0) is 14.0. The maximum absolute atomic E-state index is 11.7. The van der Waals surface area contributed by atoms with Crippen molar-refractivity contribution in [2.24, 2.45) is 0 Å². The van der Waals surface area contributed by atoms with E-state index in [2.05, 4.69) is 4.74 Å². The molecule has 0 aromatic heterocycles. The summed E-state index contributed by atoms with van der Waals surface area (Å²) < 4.78 is 40.3. The van der Waals surface area contributed by atoms with Crippen molar-refractivity contribution in [3.8, 4) is 0 Å². The molecule has 8 heteroatoms. The molecule has 0 saturated carbocycles. The van der Waals surface area contributed by atoms with Crippen molar-refractivity contribution in [3.63, 3.8) is 0 Å². The SMILES string of the molecule is O=C(OC1CCOC1=O)c1cccc(S(=O)(=O)O)c1. The Balaban J connectivity index is 2.18. The summed E-state index contributed by atoms with van der Waals surface area (Å²) in [5.41, 5.74) is -0.0742. The van der Waals surface area contributed by atoms with Crippen molar-refractivity contribution < 1.29 is 32.0 Å². The van der Waals surface area contributed by atoms with E-state index in [1.807, 2.05) is 0 Å². The largest absolute Gasteiger partial charge is 0.463 e. The Hall–Kier alpha value is -1.93. The second-order valence-electron chi connectivity index (χ2n) is 3.85. The molecule has 1 aromatic carbocycles. The predicted octanol–water partition coefficient (Wildman–Crippen LogP) is 0.406. The van der Waals surface area contributed by atoms with E-state index in [0.717, 1.165) is 12.1 Å². The molecule has 1 N–H and O–H groups in total. The molecule has 19 heavy (non-hydrogen) atoms. The summed E-state index contributed by atoms with van der Waals surface area (Å²) >= 11 is 0. The summed E-state index contributed by atoms with van der Waals surface area (Å²) in [6, 6.07) is 4.71. The maximum Gasteiger partial charge on any atom is 0.347 e. The highest BCUT2D eigenvalue weighted by molar-refractivity contribution is 7.85. The van der Waals surface area contributed by atoms with E-state index in [0.29, 0.717) is 0 Å². The molecule has 102 valence electrons. The van der Waals surface area contributed by atoms with Crippen molar-refractivity contribution in [1.29, 1.82) is 0 Å². The minimum atomic E-state index is -4.40. The van der Waals surface area contributed by atoms with E-state index in [9.17, 15) is 18.0 Å². The van der Waals surface area contributed by atoms with Crippen LogP contribution in [0.4, 0.5) is 0 Å². The number of benzene rings is 1. The number of carbonyl (C=O) groups is 2. The Labute approximate surface area is 108 Å². The molecule has 1 fully saturated rings. The monoisotopic (exact) mass is 286 g/mol. The van der Waals surface area contributed by atoms with Gasteiger partial charge < -0.3 is 9.47 Å². The quantitative estimate of drug-likeness (QED) is 0.633. The van der Waals surface area contributed by atoms with Crippen molar-refractivity contribution >= 4 is 22.1 Å². The second-order valence-corrected chi connectivity index (χ2v) is 5.27. The Morgan fingerprint density at radius 2 is 2.16 bits per heavy atom. The van der Waals surface area contributed by atoms with Crippen LogP contribution in [0.5, 0.6) is 0 Å². The van der Waals surface area contributed by atoms with Gasteiger partial charge in [0.1, 0.15) is 0 Å². The molecular weight excluding hydrogens is 276 g/mol. The molecule has 7 nitrogen and oxygen atoms in total. The lowest BCUT2D eigenvalue weighted by atomic mass is 10.2. The summed E-state index contributed by atoms with van der Waals surface area (Å²) in [5, 5.41) is 0. The zero-order valence-corrected chi connectivity index (χ0v) is 10.4. The smallest absolute Gasteiger partial charge is 0.347 e. The molecule has 2 rings (SSSR count). The van der Waals surface area contributed by atoms with Crippen molar-refractivity contribution in [1.82, 2.24) is 0 Å². The van der Waals surface area contributed by atoms with Crippen LogP contribution < -0.4 is 0 Å². The van der Waals surface area contributed by atoms with E-state index in [4.69, 9.17) is 9.29 Å². The minimum absolute atomic E-state index is 0.0742. The van der Waals surface area contributed by atoms with Gasteiger partial charge in [0.2, 0.25) is 6.10 Å². The van der Waals surface area contributed by atoms with Gasteiger partial charge in [0.15, 0.2) is 0 Å². The molecule has 1 atom stereocenters. The topological polar surface area (TPSA) is 107 Å². The lowest BCUT2D eigenvalue weighted by Crippen LogP contribution is -2.22. The molecule has 0 amide bonds. The van der Waals surface area contributed by atoms with Crippen LogP contribution in [0.25, 0.3) is 0 Å². The maximum atomic E-state index is 11.7. The first-order valence-electron chi connectivity index (χ1n) is 5.33. The minimum Gasteiger partial charge on any atom is -0.463 e. The van der Waals surface area contributed by atoms with Crippen LogP contribution in [-0.2, 0) is 24.4 Å². The summed E-state index contributed by atoms with van der Waals surface area (Å²) in [4.78, 5) is 22.4. The highest BCUT2D eigenvalue weighted by atomic mass is 32.2. The number of cyclic esters (lactones) is 1. The lowest BCUT2D eigenvalue weighted by Gasteiger charge is -2.08. The van der Waals surface area contributed by atoms with Crippen LogP contribution in [-0.4, -0.2) is 37.6 Å². The highest BCUT2D eigenvalue weighted by Crippen LogP contribution is 2.16. The van der Waals surface area contributed by atoms with E-state index in [1.165, 1.54) is 12.1 Å². The molecule has 1 aliphatic rings. The first kappa shape index (κ1) is 13.5. The van der Waals surface area contributed by atoms with Crippen LogP contribution in [0.15, 0.2) is 29.2 Å².